The van der Waals surface area contributed by atoms with E-state index in [1.54, 1.807) is 11.3 Å². The Morgan fingerprint density at radius 3 is 2.83 bits per heavy atom. The first-order valence-electron chi connectivity index (χ1n) is 3.93. The molecule has 0 radical (unpaired) electrons. The van der Waals surface area contributed by atoms with E-state index in [0.717, 1.165) is 23.2 Å². The van der Waals surface area contributed by atoms with E-state index in [4.69, 9.17) is 5.11 Å². The zero-order chi connectivity index (χ0) is 8.81. The Morgan fingerprint density at radius 2 is 2.25 bits per heavy atom. The number of halogens is 1. The molecule has 1 aromatic rings. The number of nitrogens with one attached hydrogen (secondary N) is 1. The van der Waals surface area contributed by atoms with Crippen LogP contribution in [0.4, 0.5) is 5.00 Å². The number of aliphatic hydroxyl groups excluding tert-OH is 1. The summed E-state index contributed by atoms with van der Waals surface area (Å²) in [7, 11) is 0. The van der Waals surface area contributed by atoms with Crippen molar-refractivity contribution in [3.8, 4) is 0 Å². The number of anilines is 1. The molecule has 0 spiro atoms. The minimum Gasteiger partial charge on any atom is -0.396 e. The molecule has 4 heteroatoms. The van der Waals surface area contributed by atoms with Gasteiger partial charge in [-0.05, 0) is 40.9 Å². The Bertz CT molecular complexity index is 227. The van der Waals surface area contributed by atoms with Crippen molar-refractivity contribution >= 4 is 32.3 Å². The molecular formula is C8H12BrNOS. The lowest BCUT2D eigenvalue weighted by Crippen LogP contribution is -2.00. The second kappa shape index (κ2) is 5.56. The topological polar surface area (TPSA) is 32.3 Å². The van der Waals surface area contributed by atoms with Crippen molar-refractivity contribution in [2.45, 2.75) is 12.8 Å². The maximum atomic E-state index is 8.53. The van der Waals surface area contributed by atoms with Gasteiger partial charge < -0.3 is 10.4 Å². The Morgan fingerprint density at radius 1 is 1.42 bits per heavy atom. The molecule has 0 aliphatic heterocycles. The van der Waals surface area contributed by atoms with Gasteiger partial charge in [0.2, 0.25) is 0 Å². The van der Waals surface area contributed by atoms with Crippen LogP contribution in [0.25, 0.3) is 0 Å². The standard InChI is InChI=1S/C8H12BrNOS/c9-7-3-4-8(12-7)10-5-1-2-6-11/h3-4,10-11H,1-2,5-6H2. The molecule has 0 saturated heterocycles. The van der Waals surface area contributed by atoms with E-state index in [1.807, 2.05) is 12.1 Å². The van der Waals surface area contributed by atoms with Crippen LogP contribution >= 0.6 is 27.3 Å². The summed E-state index contributed by atoms with van der Waals surface area (Å²) in [6, 6.07) is 4.08. The third kappa shape index (κ3) is 3.56. The molecule has 0 amide bonds. The third-order valence-corrected chi connectivity index (χ3v) is 3.04. The summed E-state index contributed by atoms with van der Waals surface area (Å²) in [5.41, 5.74) is 0. The number of rotatable bonds is 5. The summed E-state index contributed by atoms with van der Waals surface area (Å²) in [6.07, 6.45) is 1.89. The average Bonchev–Trinajstić information content (AvgIpc) is 2.45. The maximum absolute atomic E-state index is 8.53. The predicted octanol–water partition coefficient (Wildman–Crippen LogP) is 2.70. The van der Waals surface area contributed by atoms with E-state index in [0.29, 0.717) is 0 Å². The molecule has 68 valence electrons. The van der Waals surface area contributed by atoms with E-state index < -0.39 is 0 Å². The Labute approximate surface area is 84.7 Å². The number of hydrogen-bond acceptors (Lipinski definition) is 3. The van der Waals surface area contributed by atoms with E-state index in [-0.39, 0.29) is 6.61 Å². The first kappa shape index (κ1) is 10.0. The molecule has 0 aliphatic carbocycles. The van der Waals surface area contributed by atoms with Crippen molar-refractivity contribution in [2.75, 3.05) is 18.5 Å². The monoisotopic (exact) mass is 249 g/mol. The molecule has 0 saturated carbocycles. The SMILES string of the molecule is OCCCCNc1ccc(Br)s1. The molecule has 0 aromatic carbocycles. The van der Waals surface area contributed by atoms with Crippen molar-refractivity contribution in [1.29, 1.82) is 0 Å². The minimum absolute atomic E-state index is 0.288. The van der Waals surface area contributed by atoms with E-state index >= 15 is 0 Å². The molecule has 12 heavy (non-hydrogen) atoms. The first-order chi connectivity index (χ1) is 5.83. The second-order valence-electron chi connectivity index (χ2n) is 2.46. The van der Waals surface area contributed by atoms with Crippen molar-refractivity contribution in [2.24, 2.45) is 0 Å². The molecule has 0 bridgehead atoms. The number of thiophene rings is 1. The van der Waals surface area contributed by atoms with Crippen molar-refractivity contribution in [3.05, 3.63) is 15.9 Å². The average molecular weight is 250 g/mol. The fourth-order valence-corrected chi connectivity index (χ4v) is 2.17. The Balaban J connectivity index is 2.15. The zero-order valence-corrected chi connectivity index (χ0v) is 9.12. The van der Waals surface area contributed by atoms with Crippen molar-refractivity contribution < 1.29 is 5.11 Å². The smallest absolute Gasteiger partial charge is 0.0894 e. The van der Waals surface area contributed by atoms with E-state index in [2.05, 4.69) is 21.2 Å². The number of aliphatic hydroxyl groups is 1. The van der Waals surface area contributed by atoms with Gasteiger partial charge in [-0.15, -0.1) is 11.3 Å². The lowest BCUT2D eigenvalue weighted by Gasteiger charge is -2.00. The molecule has 0 fully saturated rings. The van der Waals surface area contributed by atoms with Gasteiger partial charge in [0.15, 0.2) is 0 Å². The van der Waals surface area contributed by atoms with Crippen LogP contribution in [0.2, 0.25) is 0 Å². The third-order valence-electron chi connectivity index (χ3n) is 1.46. The quantitative estimate of drug-likeness (QED) is 0.787. The van der Waals surface area contributed by atoms with Crippen LogP contribution in [0.5, 0.6) is 0 Å². The Kier molecular flexibility index (Phi) is 4.65. The van der Waals surface area contributed by atoms with Crippen LogP contribution in [0.15, 0.2) is 15.9 Å². The fourth-order valence-electron chi connectivity index (χ4n) is 0.858. The molecule has 0 unspecified atom stereocenters. The molecule has 1 rings (SSSR count). The summed E-state index contributed by atoms with van der Waals surface area (Å²) in [6.45, 7) is 1.23. The van der Waals surface area contributed by atoms with Gasteiger partial charge in [0, 0.05) is 13.2 Å². The van der Waals surface area contributed by atoms with Gasteiger partial charge >= 0.3 is 0 Å². The second-order valence-corrected chi connectivity index (χ2v) is 4.92. The summed E-state index contributed by atoms with van der Waals surface area (Å²) in [5, 5.41) is 13.0. The fraction of sp³-hybridized carbons (Fsp3) is 0.500. The van der Waals surface area contributed by atoms with Crippen LogP contribution in [0.3, 0.4) is 0 Å². The minimum atomic E-state index is 0.288. The molecule has 2 N–H and O–H groups in total. The van der Waals surface area contributed by atoms with Crippen molar-refractivity contribution in [3.63, 3.8) is 0 Å². The summed E-state index contributed by atoms with van der Waals surface area (Å²) in [4.78, 5) is 0. The maximum Gasteiger partial charge on any atom is 0.0894 e. The molecular weight excluding hydrogens is 238 g/mol. The molecule has 1 heterocycles. The summed E-state index contributed by atoms with van der Waals surface area (Å²) in [5.74, 6) is 0. The zero-order valence-electron chi connectivity index (χ0n) is 6.72. The Hall–Kier alpha value is -0.0600. The first-order valence-corrected chi connectivity index (χ1v) is 5.54. The lowest BCUT2D eigenvalue weighted by molar-refractivity contribution is 0.286. The number of hydrogen-bond donors (Lipinski definition) is 2. The van der Waals surface area contributed by atoms with Crippen LogP contribution in [0, 0.1) is 0 Å². The van der Waals surface area contributed by atoms with E-state index in [9.17, 15) is 0 Å². The van der Waals surface area contributed by atoms with Gasteiger partial charge in [-0.25, -0.2) is 0 Å². The van der Waals surface area contributed by atoms with Gasteiger partial charge in [0.25, 0.3) is 0 Å². The number of unbranched alkanes of at least 4 members (excludes halogenated alkanes) is 1. The highest BCUT2D eigenvalue weighted by atomic mass is 79.9. The van der Waals surface area contributed by atoms with E-state index in [1.165, 1.54) is 5.00 Å². The molecule has 1 aromatic heterocycles. The van der Waals surface area contributed by atoms with Crippen LogP contribution < -0.4 is 5.32 Å². The highest BCUT2D eigenvalue weighted by Crippen LogP contribution is 2.26. The van der Waals surface area contributed by atoms with Gasteiger partial charge in [0.1, 0.15) is 0 Å². The van der Waals surface area contributed by atoms with Crippen LogP contribution in [0.1, 0.15) is 12.8 Å². The molecule has 0 aliphatic rings. The highest BCUT2D eigenvalue weighted by Gasteiger charge is 1.94. The highest BCUT2D eigenvalue weighted by molar-refractivity contribution is 9.11. The van der Waals surface area contributed by atoms with Crippen LogP contribution in [-0.4, -0.2) is 18.3 Å². The predicted molar refractivity (Wildman–Crippen MR) is 56.8 cm³/mol. The largest absolute Gasteiger partial charge is 0.396 e. The summed E-state index contributed by atoms with van der Waals surface area (Å²) >= 11 is 5.08. The lowest BCUT2D eigenvalue weighted by atomic mass is 10.3. The summed E-state index contributed by atoms with van der Waals surface area (Å²) < 4.78 is 1.15. The molecule has 0 atom stereocenters. The van der Waals surface area contributed by atoms with Crippen LogP contribution in [-0.2, 0) is 0 Å². The van der Waals surface area contributed by atoms with Gasteiger partial charge in [0.05, 0.1) is 8.79 Å². The van der Waals surface area contributed by atoms with Gasteiger partial charge in [-0.3, -0.25) is 0 Å². The van der Waals surface area contributed by atoms with Gasteiger partial charge in [-0.2, -0.15) is 0 Å². The normalized spacial score (nSPS) is 10.2. The molecule has 2 nitrogen and oxygen atoms in total. The van der Waals surface area contributed by atoms with Gasteiger partial charge in [-0.1, -0.05) is 0 Å². The van der Waals surface area contributed by atoms with Crippen molar-refractivity contribution in [1.82, 2.24) is 0 Å².